The van der Waals surface area contributed by atoms with Crippen molar-refractivity contribution < 1.29 is 19.3 Å². The molecule has 0 N–H and O–H groups in total. The van der Waals surface area contributed by atoms with Gasteiger partial charge in [-0.25, -0.2) is 0 Å². The number of nitro benzene ring substituents is 1. The molecule has 2 heterocycles. The number of para-hydroxylation sites is 1. The van der Waals surface area contributed by atoms with E-state index in [1.165, 1.54) is 24.3 Å². The molecule has 1 fully saturated rings. The van der Waals surface area contributed by atoms with Gasteiger partial charge in [-0.15, -0.1) is 0 Å². The number of carbonyl (C=O) groups excluding carboxylic acids is 3. The van der Waals surface area contributed by atoms with Crippen molar-refractivity contribution in [2.75, 3.05) is 4.90 Å². The summed E-state index contributed by atoms with van der Waals surface area (Å²) in [5.74, 6) is -1.87. The van der Waals surface area contributed by atoms with Crippen LogP contribution in [0.1, 0.15) is 48.1 Å². The molecule has 0 amide bonds. The van der Waals surface area contributed by atoms with Gasteiger partial charge in [0.1, 0.15) is 11.5 Å². The molecule has 1 unspecified atom stereocenters. The summed E-state index contributed by atoms with van der Waals surface area (Å²) in [5, 5.41) is 11.8. The highest BCUT2D eigenvalue weighted by Crippen LogP contribution is 2.61. The fourth-order valence-corrected chi connectivity index (χ4v) is 7.00. The first kappa shape index (κ1) is 25.1. The molecular formula is C33H21ClN2O5. The van der Waals surface area contributed by atoms with Crippen LogP contribution >= 0.6 is 11.6 Å². The Hall–Kier alpha value is -4.88. The molecular weight excluding hydrogens is 540 g/mol. The Balaban J connectivity index is 1.52. The highest BCUT2D eigenvalue weighted by Gasteiger charge is 2.71. The molecule has 0 bridgehead atoms. The number of benzene rings is 4. The van der Waals surface area contributed by atoms with Crippen molar-refractivity contribution in [1.29, 1.82) is 0 Å². The quantitative estimate of drug-likeness (QED) is 0.121. The second kappa shape index (κ2) is 9.08. The van der Waals surface area contributed by atoms with E-state index in [0.29, 0.717) is 21.7 Å². The van der Waals surface area contributed by atoms with Crippen LogP contribution in [0.3, 0.4) is 0 Å². The highest BCUT2D eigenvalue weighted by atomic mass is 35.5. The van der Waals surface area contributed by atoms with E-state index < -0.39 is 28.3 Å². The third-order valence-corrected chi connectivity index (χ3v) is 8.83. The van der Waals surface area contributed by atoms with E-state index in [4.69, 9.17) is 11.6 Å². The Kier molecular flexibility index (Phi) is 5.56. The van der Waals surface area contributed by atoms with E-state index in [2.05, 4.69) is 0 Å². The first-order valence-electron chi connectivity index (χ1n) is 13.1. The minimum atomic E-state index is -1.62. The van der Waals surface area contributed by atoms with E-state index in [9.17, 15) is 24.5 Å². The van der Waals surface area contributed by atoms with E-state index in [-0.39, 0.29) is 28.6 Å². The van der Waals surface area contributed by atoms with Crippen LogP contribution in [0.5, 0.6) is 0 Å². The number of fused-ring (bicyclic) bond motifs is 5. The third kappa shape index (κ3) is 3.42. The molecule has 3 aliphatic rings. The molecule has 0 saturated carbocycles. The predicted octanol–water partition coefficient (Wildman–Crippen LogP) is 6.56. The van der Waals surface area contributed by atoms with Crippen LogP contribution in [0, 0.1) is 15.5 Å². The average molecular weight is 561 g/mol. The first-order chi connectivity index (χ1) is 19.8. The Morgan fingerprint density at radius 3 is 2.07 bits per heavy atom. The smallest absolute Gasteiger partial charge is 0.269 e. The van der Waals surface area contributed by atoms with Crippen LogP contribution in [-0.2, 0) is 0 Å². The third-order valence-electron chi connectivity index (χ3n) is 8.57. The monoisotopic (exact) mass is 560 g/mol. The van der Waals surface area contributed by atoms with Crippen LogP contribution < -0.4 is 4.90 Å². The van der Waals surface area contributed by atoms with Crippen molar-refractivity contribution in [3.05, 3.63) is 146 Å². The molecule has 1 spiro atoms. The number of carbonyl (C=O) groups is 3. The number of hydrogen-bond donors (Lipinski definition) is 0. The summed E-state index contributed by atoms with van der Waals surface area (Å²) < 4.78 is 0. The molecule has 200 valence electrons. The zero-order valence-corrected chi connectivity index (χ0v) is 22.2. The van der Waals surface area contributed by atoms with Gasteiger partial charge in [0.25, 0.3) is 5.69 Å². The second-order valence-corrected chi connectivity index (χ2v) is 10.9. The summed E-state index contributed by atoms with van der Waals surface area (Å²) in [6.07, 6.45) is 3.76. The van der Waals surface area contributed by atoms with Gasteiger partial charge in [0, 0.05) is 45.5 Å². The maximum Gasteiger partial charge on any atom is 0.269 e. The molecule has 8 heteroatoms. The molecule has 7 rings (SSSR count). The number of ketones is 3. The molecule has 1 aliphatic carbocycles. The summed E-state index contributed by atoms with van der Waals surface area (Å²) in [7, 11) is 0. The van der Waals surface area contributed by atoms with Gasteiger partial charge >= 0.3 is 0 Å². The zero-order chi connectivity index (χ0) is 28.5. The van der Waals surface area contributed by atoms with Gasteiger partial charge in [-0.1, -0.05) is 78.4 Å². The summed E-state index contributed by atoms with van der Waals surface area (Å²) in [5.41, 5.74) is 1.38. The van der Waals surface area contributed by atoms with E-state index in [1.807, 2.05) is 41.3 Å². The minimum Gasteiger partial charge on any atom is -0.352 e. The lowest BCUT2D eigenvalue weighted by atomic mass is 9.64. The van der Waals surface area contributed by atoms with Crippen molar-refractivity contribution in [1.82, 2.24) is 0 Å². The number of Topliss-reactive ketones (excluding diaryl/α,β-unsaturated/α-hetero) is 3. The minimum absolute atomic E-state index is 0.139. The molecule has 4 aromatic carbocycles. The Morgan fingerprint density at radius 1 is 0.829 bits per heavy atom. The Labute approximate surface area is 239 Å². The number of nitrogens with zero attached hydrogens (tertiary/aromatic N) is 2. The topological polar surface area (TPSA) is 97.6 Å². The van der Waals surface area contributed by atoms with E-state index in [0.717, 1.165) is 11.3 Å². The summed E-state index contributed by atoms with van der Waals surface area (Å²) >= 11 is 6.25. The van der Waals surface area contributed by atoms with Gasteiger partial charge in [-0.2, -0.15) is 0 Å². The SMILES string of the molecule is O=C(c1ccc([N+](=O)[O-])cc1)[C@@H]1[C@@H](c2ccc(Cl)cc2)C2(C(=O)c3ccccc3C2=O)C2C=Cc3ccccc3N21. The molecule has 0 radical (unpaired) electrons. The largest absolute Gasteiger partial charge is 0.352 e. The number of anilines is 1. The van der Waals surface area contributed by atoms with Gasteiger partial charge in [0.05, 0.1) is 11.0 Å². The van der Waals surface area contributed by atoms with Gasteiger partial charge in [-0.3, -0.25) is 24.5 Å². The highest BCUT2D eigenvalue weighted by molar-refractivity contribution is 6.32. The maximum atomic E-state index is 14.6. The van der Waals surface area contributed by atoms with Crippen LogP contribution in [0.4, 0.5) is 11.4 Å². The second-order valence-electron chi connectivity index (χ2n) is 10.5. The van der Waals surface area contributed by atoms with Gasteiger partial charge in [0.15, 0.2) is 17.3 Å². The normalized spacial score (nSPS) is 21.5. The summed E-state index contributed by atoms with van der Waals surface area (Å²) in [4.78, 5) is 56.4. The number of halogens is 1. The Morgan fingerprint density at radius 2 is 1.44 bits per heavy atom. The van der Waals surface area contributed by atoms with Crippen LogP contribution in [0.2, 0.25) is 5.02 Å². The molecule has 2 aliphatic heterocycles. The maximum absolute atomic E-state index is 14.6. The number of hydrogen-bond acceptors (Lipinski definition) is 6. The van der Waals surface area contributed by atoms with Crippen molar-refractivity contribution in [2.24, 2.45) is 5.41 Å². The average Bonchev–Trinajstić information content (AvgIpc) is 3.43. The van der Waals surface area contributed by atoms with Crippen molar-refractivity contribution in [3.8, 4) is 0 Å². The zero-order valence-electron chi connectivity index (χ0n) is 21.4. The van der Waals surface area contributed by atoms with E-state index >= 15 is 0 Å². The number of nitro groups is 1. The molecule has 7 nitrogen and oxygen atoms in total. The fourth-order valence-electron chi connectivity index (χ4n) is 6.88. The van der Waals surface area contributed by atoms with Crippen molar-refractivity contribution in [3.63, 3.8) is 0 Å². The van der Waals surface area contributed by atoms with Gasteiger partial charge in [0.2, 0.25) is 0 Å². The molecule has 0 aromatic heterocycles. The van der Waals surface area contributed by atoms with Crippen LogP contribution in [0.25, 0.3) is 6.08 Å². The number of non-ortho nitro benzene ring substituents is 1. The molecule has 41 heavy (non-hydrogen) atoms. The van der Waals surface area contributed by atoms with Crippen LogP contribution in [-0.4, -0.2) is 34.4 Å². The first-order valence-corrected chi connectivity index (χ1v) is 13.5. The molecule has 3 atom stereocenters. The lowest BCUT2D eigenvalue weighted by Crippen LogP contribution is -2.48. The number of rotatable bonds is 4. The van der Waals surface area contributed by atoms with Crippen molar-refractivity contribution in [2.45, 2.75) is 18.0 Å². The van der Waals surface area contributed by atoms with E-state index in [1.54, 1.807) is 48.5 Å². The summed E-state index contributed by atoms with van der Waals surface area (Å²) in [6.45, 7) is 0. The summed E-state index contributed by atoms with van der Waals surface area (Å²) in [6, 6.07) is 25.0. The van der Waals surface area contributed by atoms with Crippen molar-refractivity contribution >= 4 is 46.4 Å². The Bertz CT molecular complexity index is 1780. The standard InChI is InChI=1S/C33H21ClN2O5/c34-22-14-9-20(10-15-22)28-29(30(37)21-11-16-23(17-12-21)36(40)41)35-26-8-4-1-5-19(26)13-18-27(35)33(28)31(38)24-6-2-3-7-25(24)32(33)39/h1-18,27-29H/t27?,28-,29+/m1/s1. The fraction of sp³-hybridized carbons (Fsp3) is 0.121. The predicted molar refractivity (Wildman–Crippen MR) is 155 cm³/mol. The van der Waals surface area contributed by atoms with Crippen LogP contribution in [0.15, 0.2) is 103 Å². The van der Waals surface area contributed by atoms with Gasteiger partial charge in [-0.05, 0) is 41.5 Å². The van der Waals surface area contributed by atoms with Gasteiger partial charge < -0.3 is 4.90 Å². The molecule has 1 saturated heterocycles. The lowest BCUT2D eigenvalue weighted by molar-refractivity contribution is -0.384. The molecule has 4 aromatic rings. The lowest BCUT2D eigenvalue weighted by Gasteiger charge is -2.37.